The number of likely N-dealkylation sites (tertiary alicyclic amines) is 1. The van der Waals surface area contributed by atoms with Crippen LogP contribution in [0, 0.1) is 5.92 Å². The molecule has 2 aliphatic heterocycles. The zero-order valence-corrected chi connectivity index (χ0v) is 47.1. The van der Waals surface area contributed by atoms with Crippen LogP contribution in [0.5, 0.6) is 5.75 Å². The second kappa shape index (κ2) is 31.2. The molecule has 6 rings (SSSR count). The van der Waals surface area contributed by atoms with Crippen LogP contribution < -0.4 is 65.1 Å². The van der Waals surface area contributed by atoms with Crippen LogP contribution in [-0.4, -0.2) is 182 Å². The molecule has 458 valence electrons. The number of nitrogens with zero attached hydrogens (tertiary/aromatic N) is 3. The number of nitrogens with two attached hydrogens (primary N) is 3. The van der Waals surface area contributed by atoms with Crippen LogP contribution in [0.15, 0.2) is 72.2 Å². The Bertz CT molecular complexity index is 3060. The largest absolute Gasteiger partial charge is 0.508 e. The van der Waals surface area contributed by atoms with E-state index in [0.717, 1.165) is 0 Å². The highest BCUT2D eigenvalue weighted by atomic mass is 16.3. The number of aromatic nitrogens is 3. The number of carbonyl (C=O) groups is 11. The molecule has 2 aliphatic rings. The van der Waals surface area contributed by atoms with Gasteiger partial charge in [-0.1, -0.05) is 44.2 Å². The van der Waals surface area contributed by atoms with Crippen LogP contribution in [0.25, 0.3) is 10.9 Å². The van der Waals surface area contributed by atoms with E-state index >= 15 is 0 Å². The van der Waals surface area contributed by atoms with E-state index in [1.54, 1.807) is 44.3 Å². The average molecular weight is 1180 g/mol. The molecule has 8 atom stereocenters. The molecule has 85 heavy (non-hydrogen) atoms. The Balaban J connectivity index is 1.16. The Hall–Kier alpha value is -9.61. The average Bonchev–Trinajstić information content (AvgIpc) is 4.32. The Kier molecular flexibility index (Phi) is 23.7. The maximum Gasteiger partial charge on any atom is 0.245 e. The topological polar surface area (TPSA) is 475 Å². The molecule has 0 aliphatic carbocycles. The van der Waals surface area contributed by atoms with Gasteiger partial charge in [-0.2, -0.15) is 0 Å². The number of hydrogen-bond acceptors (Lipinski definition) is 15. The minimum atomic E-state index is -1.76. The maximum atomic E-state index is 14.4. The minimum absolute atomic E-state index is 0.0156. The molecule has 2 saturated heterocycles. The summed E-state index contributed by atoms with van der Waals surface area (Å²) in [7, 11) is 0. The van der Waals surface area contributed by atoms with Gasteiger partial charge in [0.2, 0.25) is 65.0 Å². The fourth-order valence-corrected chi connectivity index (χ4v) is 9.79. The summed E-state index contributed by atoms with van der Waals surface area (Å²) in [5.41, 5.74) is 18.3. The first-order valence-electron chi connectivity index (χ1n) is 27.8. The van der Waals surface area contributed by atoms with Crippen LogP contribution in [-0.2, 0) is 72.0 Å². The molecule has 4 aromatic rings. The molecule has 0 radical (unpaired) electrons. The number of aliphatic hydroxyl groups excluding tert-OH is 1. The Morgan fingerprint density at radius 2 is 1.39 bits per heavy atom. The Labute approximate surface area is 488 Å². The number of rotatable bonds is 31. The van der Waals surface area contributed by atoms with Crippen LogP contribution in [0.3, 0.4) is 0 Å². The molecule has 0 saturated carbocycles. The van der Waals surface area contributed by atoms with Gasteiger partial charge in [0, 0.05) is 67.8 Å². The van der Waals surface area contributed by atoms with E-state index in [4.69, 9.17) is 17.2 Å². The smallest absolute Gasteiger partial charge is 0.245 e. The monoisotopic (exact) mass is 1180 g/mol. The van der Waals surface area contributed by atoms with Crippen molar-refractivity contribution in [2.24, 2.45) is 28.1 Å². The number of para-hydroxylation sites is 1. The molecule has 11 amide bonds. The third-order valence-electron chi connectivity index (χ3n) is 14.1. The molecule has 2 aromatic heterocycles. The number of H-pyrrole nitrogens is 2. The molecule has 19 N–H and O–H groups in total. The van der Waals surface area contributed by atoms with Gasteiger partial charge < -0.3 is 90.1 Å². The van der Waals surface area contributed by atoms with Crippen molar-refractivity contribution in [2.75, 3.05) is 32.8 Å². The van der Waals surface area contributed by atoms with Gasteiger partial charge in [0.05, 0.1) is 26.0 Å². The summed E-state index contributed by atoms with van der Waals surface area (Å²) in [5.74, 6) is -8.86. The Morgan fingerprint density at radius 3 is 2.04 bits per heavy atom. The van der Waals surface area contributed by atoms with Crippen molar-refractivity contribution >= 4 is 81.8 Å². The number of carbonyl (C=O) groups excluding carboxylic acids is 11. The zero-order valence-electron chi connectivity index (χ0n) is 47.1. The van der Waals surface area contributed by atoms with Gasteiger partial charge >= 0.3 is 0 Å². The van der Waals surface area contributed by atoms with E-state index in [1.807, 2.05) is 0 Å². The normalized spacial score (nSPS) is 16.8. The molecular weight excluding hydrogens is 1110 g/mol. The van der Waals surface area contributed by atoms with Gasteiger partial charge in [0.1, 0.15) is 54.1 Å². The van der Waals surface area contributed by atoms with Crippen LogP contribution in [0.1, 0.15) is 75.6 Å². The second-order valence-corrected chi connectivity index (χ2v) is 21.2. The predicted octanol–water partition coefficient (Wildman–Crippen LogP) is -4.39. The van der Waals surface area contributed by atoms with E-state index in [9.17, 15) is 63.0 Å². The van der Waals surface area contributed by atoms with E-state index < -0.39 is 127 Å². The lowest BCUT2D eigenvalue weighted by Crippen LogP contribution is -2.60. The first-order chi connectivity index (χ1) is 40.6. The van der Waals surface area contributed by atoms with Gasteiger partial charge in [-0.3, -0.25) is 57.7 Å². The summed E-state index contributed by atoms with van der Waals surface area (Å²) in [4.78, 5) is 164. The number of hydrogen-bond donors (Lipinski definition) is 16. The van der Waals surface area contributed by atoms with Gasteiger partial charge in [-0.25, -0.2) is 4.98 Å². The van der Waals surface area contributed by atoms with Crippen molar-refractivity contribution in [3.63, 3.8) is 0 Å². The van der Waals surface area contributed by atoms with Crippen molar-refractivity contribution in [3.8, 4) is 5.75 Å². The van der Waals surface area contributed by atoms with Crippen LogP contribution in [0.2, 0.25) is 0 Å². The van der Waals surface area contributed by atoms with Gasteiger partial charge in [-0.05, 0) is 73.8 Å². The number of aliphatic imine (C=N–C) groups is 1. The molecule has 30 nitrogen and oxygen atoms in total. The molecular formula is C55H75N17O13. The minimum Gasteiger partial charge on any atom is -0.508 e. The fourth-order valence-electron chi connectivity index (χ4n) is 9.79. The van der Waals surface area contributed by atoms with Gasteiger partial charge in [0.15, 0.2) is 5.96 Å². The third kappa shape index (κ3) is 19.5. The summed E-state index contributed by atoms with van der Waals surface area (Å²) >= 11 is 0. The predicted molar refractivity (Wildman–Crippen MR) is 305 cm³/mol. The van der Waals surface area contributed by atoms with Crippen molar-refractivity contribution in [1.29, 1.82) is 0 Å². The number of aromatic hydroxyl groups is 1. The SMILES string of the molecule is CC(C)C[C@H](NC(=O)CNC(=O)[C@H](Cc1ccc(O)cc1)NC(=O)[C@H](CO)NC(=O)[C@H](Cc1c[nH]c2ccccc12)NC(=O)[C@H](Cc1cnc[nH]1)NC(=O)C1CCC(=O)N1)C(=O)N[C@@H](CCCN=C(N)N)C(=O)N1CCC[C@H]1C(=O)NCC(N)=O. The number of phenols is 1. The number of primary amides is 1. The number of nitrogens with one attached hydrogen (secondary N) is 11. The van der Waals surface area contributed by atoms with E-state index in [2.05, 4.69) is 67.8 Å². The highest BCUT2D eigenvalue weighted by Gasteiger charge is 2.39. The standard InChI is InChI=1S/C55H75N17O13/c1-29(2)19-38(49(80)67-37(9-5-17-60-55(57)58)54(85)72-18-6-10-43(72)53(84)62-25-44(56)75)66-46(77)26-63-47(78)39(20-30-11-13-33(74)14-12-30)68-52(83)42(27-73)71-50(81)40(21-31-23-61-35-8-4-3-7-34(31)35)69-51(82)41(22-32-24-59-28-64-32)70-48(79)36-15-16-45(76)65-36/h3-4,7-8,11-14,23-24,28-29,36-43,61,73-74H,5-6,9-10,15-22,25-27H2,1-2H3,(H2,56,75)(H,59,64)(H,62,84)(H,63,78)(H,65,76)(H,66,77)(H,67,80)(H,68,83)(H,69,82)(H,70,79)(H,71,81)(H4,57,58,60)/t36?,37-,38-,39-,40-,41-,42-,43-/m0/s1. The molecule has 4 heterocycles. The van der Waals surface area contributed by atoms with Crippen LogP contribution in [0.4, 0.5) is 0 Å². The highest BCUT2D eigenvalue weighted by molar-refractivity contribution is 5.99. The number of aliphatic hydroxyl groups is 1. The van der Waals surface area contributed by atoms with Crippen molar-refractivity contribution < 1.29 is 63.0 Å². The lowest BCUT2D eigenvalue weighted by molar-refractivity contribution is -0.142. The lowest BCUT2D eigenvalue weighted by atomic mass is 10.0. The second-order valence-electron chi connectivity index (χ2n) is 21.2. The third-order valence-corrected chi connectivity index (χ3v) is 14.1. The first-order valence-corrected chi connectivity index (χ1v) is 27.8. The van der Waals surface area contributed by atoms with Crippen molar-refractivity contribution in [3.05, 3.63) is 84.1 Å². The van der Waals surface area contributed by atoms with E-state index in [0.29, 0.717) is 34.1 Å². The summed E-state index contributed by atoms with van der Waals surface area (Å²) in [5, 5.41) is 44.5. The molecule has 0 spiro atoms. The number of phenolic OH excluding ortho intramolecular Hbond substituents is 1. The molecule has 1 unspecified atom stereocenters. The number of aromatic amines is 2. The summed E-state index contributed by atoms with van der Waals surface area (Å²) in [6.45, 7) is 1.62. The van der Waals surface area contributed by atoms with Crippen LogP contribution >= 0.6 is 0 Å². The number of guanidine groups is 1. The number of amides is 11. The van der Waals surface area contributed by atoms with Crippen molar-refractivity contribution in [1.82, 2.24) is 67.7 Å². The molecule has 2 fully saturated rings. The van der Waals surface area contributed by atoms with Gasteiger partial charge in [0.25, 0.3) is 0 Å². The lowest BCUT2D eigenvalue weighted by Gasteiger charge is -2.30. The first kappa shape index (κ1) is 64.6. The summed E-state index contributed by atoms with van der Waals surface area (Å²) < 4.78 is 0. The summed E-state index contributed by atoms with van der Waals surface area (Å²) in [6.07, 6.45) is 5.24. The fraction of sp³-hybridized carbons (Fsp3) is 0.473. The maximum absolute atomic E-state index is 14.4. The quantitative estimate of drug-likeness (QED) is 0.0129. The number of fused-ring (bicyclic) bond motifs is 1. The highest BCUT2D eigenvalue weighted by Crippen LogP contribution is 2.22. The molecule has 0 bridgehead atoms. The molecule has 2 aromatic carbocycles. The van der Waals surface area contributed by atoms with Gasteiger partial charge in [-0.15, -0.1) is 0 Å². The summed E-state index contributed by atoms with van der Waals surface area (Å²) in [6, 6.07) is 2.37. The Morgan fingerprint density at radius 1 is 0.729 bits per heavy atom. The zero-order chi connectivity index (χ0) is 61.7. The number of imidazole rings is 1. The number of benzene rings is 2. The van der Waals surface area contributed by atoms with E-state index in [-0.39, 0.29) is 94.4 Å². The van der Waals surface area contributed by atoms with Crippen molar-refractivity contribution in [2.45, 2.75) is 126 Å². The molecule has 30 heteroatoms. The van der Waals surface area contributed by atoms with E-state index in [1.165, 1.54) is 41.7 Å².